The van der Waals surface area contributed by atoms with E-state index in [1.807, 2.05) is 6.92 Å². The van der Waals surface area contributed by atoms with E-state index in [-0.39, 0.29) is 5.82 Å². The molecule has 2 heterocycles. The quantitative estimate of drug-likeness (QED) is 0.892. The Hall–Kier alpha value is -1.69. The summed E-state index contributed by atoms with van der Waals surface area (Å²) in [4.78, 5) is 7.78. The summed E-state index contributed by atoms with van der Waals surface area (Å²) in [5.74, 6) is -0.134. The zero-order chi connectivity index (χ0) is 11.5. The summed E-state index contributed by atoms with van der Waals surface area (Å²) in [6.45, 7) is 2.56. The zero-order valence-corrected chi connectivity index (χ0v) is 9.24. The summed E-state index contributed by atoms with van der Waals surface area (Å²) in [6.07, 6.45) is 3.98. The van der Waals surface area contributed by atoms with Gasteiger partial charge in [-0.2, -0.15) is 10.1 Å². The van der Waals surface area contributed by atoms with Gasteiger partial charge in [-0.3, -0.25) is 0 Å². The molecule has 0 saturated heterocycles. The van der Waals surface area contributed by atoms with Gasteiger partial charge in [-0.25, -0.2) is 14.1 Å². The van der Waals surface area contributed by atoms with E-state index in [9.17, 15) is 4.39 Å². The van der Waals surface area contributed by atoms with Gasteiger partial charge >= 0.3 is 0 Å². The van der Waals surface area contributed by atoms with Crippen molar-refractivity contribution in [3.63, 3.8) is 0 Å². The smallest absolute Gasteiger partial charge is 0.224 e. The second-order valence-electron chi connectivity index (χ2n) is 3.00. The zero-order valence-electron chi connectivity index (χ0n) is 8.48. The highest BCUT2D eigenvalue weighted by Gasteiger charge is 2.09. The first-order valence-electron chi connectivity index (χ1n) is 4.67. The summed E-state index contributed by atoms with van der Waals surface area (Å²) in [5.41, 5.74) is 0. The van der Waals surface area contributed by atoms with Gasteiger partial charge in [0.25, 0.3) is 0 Å². The molecule has 0 atom stereocenters. The largest absolute Gasteiger partial charge is 0.354 e. The van der Waals surface area contributed by atoms with Gasteiger partial charge in [0.1, 0.15) is 0 Å². The van der Waals surface area contributed by atoms with E-state index in [0.29, 0.717) is 17.5 Å². The molecule has 5 nitrogen and oxygen atoms in total. The van der Waals surface area contributed by atoms with Crippen LogP contribution in [0.1, 0.15) is 6.92 Å². The normalized spacial score (nSPS) is 10.4. The van der Waals surface area contributed by atoms with Crippen LogP contribution in [0.5, 0.6) is 0 Å². The van der Waals surface area contributed by atoms with E-state index in [1.165, 1.54) is 17.1 Å². The van der Waals surface area contributed by atoms with Crippen molar-refractivity contribution in [3.8, 4) is 5.82 Å². The van der Waals surface area contributed by atoms with E-state index in [4.69, 9.17) is 11.6 Å². The molecule has 16 heavy (non-hydrogen) atoms. The summed E-state index contributed by atoms with van der Waals surface area (Å²) in [5, 5.41) is 7.18. The monoisotopic (exact) mass is 241 g/mol. The molecule has 0 spiro atoms. The lowest BCUT2D eigenvalue weighted by Crippen LogP contribution is -2.08. The average Bonchev–Trinajstić information content (AvgIpc) is 2.68. The third-order valence-corrected chi connectivity index (χ3v) is 2.02. The van der Waals surface area contributed by atoms with E-state index in [1.54, 1.807) is 0 Å². The Balaban J connectivity index is 2.42. The van der Waals surface area contributed by atoms with Crippen LogP contribution >= 0.6 is 11.6 Å². The molecule has 0 radical (unpaired) electrons. The van der Waals surface area contributed by atoms with E-state index in [0.717, 1.165) is 6.20 Å². The van der Waals surface area contributed by atoms with Gasteiger partial charge in [-0.05, 0) is 6.92 Å². The third-order valence-electron chi connectivity index (χ3n) is 1.83. The number of rotatable bonds is 3. The van der Waals surface area contributed by atoms with E-state index < -0.39 is 5.82 Å². The Kier molecular flexibility index (Phi) is 3.00. The summed E-state index contributed by atoms with van der Waals surface area (Å²) in [6, 6.07) is 0. The number of aromatic nitrogens is 4. The lowest BCUT2D eigenvalue weighted by Gasteiger charge is -2.05. The van der Waals surface area contributed by atoms with Crippen LogP contribution in [0, 0.1) is 5.82 Å². The van der Waals surface area contributed by atoms with Crippen molar-refractivity contribution in [1.82, 2.24) is 19.7 Å². The van der Waals surface area contributed by atoms with Crippen LogP contribution < -0.4 is 5.32 Å². The van der Waals surface area contributed by atoms with Crippen LogP contribution in [0.15, 0.2) is 18.6 Å². The number of anilines is 1. The molecule has 84 valence electrons. The molecule has 0 aliphatic carbocycles. The van der Waals surface area contributed by atoms with E-state index >= 15 is 0 Å². The van der Waals surface area contributed by atoms with Gasteiger partial charge in [-0.15, -0.1) is 0 Å². The third kappa shape index (κ3) is 2.11. The molecule has 0 aliphatic rings. The molecule has 0 bridgehead atoms. The van der Waals surface area contributed by atoms with Crippen molar-refractivity contribution >= 4 is 17.5 Å². The summed E-state index contributed by atoms with van der Waals surface area (Å²) >= 11 is 5.70. The van der Waals surface area contributed by atoms with Gasteiger partial charge in [-0.1, -0.05) is 11.6 Å². The lowest BCUT2D eigenvalue weighted by atomic mass is 10.5. The number of nitrogens with zero attached hydrogens (tertiary/aromatic N) is 4. The first kappa shape index (κ1) is 10.8. The molecule has 2 aromatic heterocycles. The number of hydrogen-bond donors (Lipinski definition) is 1. The first-order chi connectivity index (χ1) is 7.70. The lowest BCUT2D eigenvalue weighted by molar-refractivity contribution is 0.593. The maximum atomic E-state index is 13.4. The van der Waals surface area contributed by atoms with Gasteiger partial charge in [0.05, 0.1) is 23.6 Å². The van der Waals surface area contributed by atoms with Crippen LogP contribution in [-0.4, -0.2) is 26.3 Å². The topological polar surface area (TPSA) is 55.6 Å². The molecular formula is C9H9ClFN5. The number of hydrogen-bond acceptors (Lipinski definition) is 4. The second kappa shape index (κ2) is 4.44. The molecule has 0 unspecified atom stereocenters. The second-order valence-corrected chi connectivity index (χ2v) is 3.44. The van der Waals surface area contributed by atoms with E-state index in [2.05, 4.69) is 20.4 Å². The Morgan fingerprint density at radius 3 is 2.94 bits per heavy atom. The van der Waals surface area contributed by atoms with Gasteiger partial charge in [0, 0.05) is 6.54 Å². The van der Waals surface area contributed by atoms with Crippen molar-refractivity contribution < 1.29 is 4.39 Å². The molecule has 0 saturated carbocycles. The van der Waals surface area contributed by atoms with Crippen molar-refractivity contribution in [2.75, 3.05) is 11.9 Å². The molecule has 0 fully saturated rings. The maximum Gasteiger partial charge on any atom is 0.224 e. The van der Waals surface area contributed by atoms with Crippen molar-refractivity contribution in [2.45, 2.75) is 6.92 Å². The molecule has 0 amide bonds. The van der Waals surface area contributed by atoms with Crippen LogP contribution in [0.25, 0.3) is 5.82 Å². The molecule has 0 aromatic carbocycles. The van der Waals surface area contributed by atoms with Gasteiger partial charge in [0.2, 0.25) is 5.95 Å². The van der Waals surface area contributed by atoms with Crippen molar-refractivity contribution in [2.24, 2.45) is 0 Å². The molecule has 2 rings (SSSR count). The number of halogens is 2. The standard InChI is InChI=1S/C9H9ClFN5/c1-2-12-9-13-4-7(11)8(15-9)16-5-6(10)3-14-16/h3-5H,2H2,1H3,(H,12,13,15). The van der Waals surface area contributed by atoms with Crippen molar-refractivity contribution in [1.29, 1.82) is 0 Å². The minimum Gasteiger partial charge on any atom is -0.354 e. The van der Waals surface area contributed by atoms with Gasteiger partial charge in [0.15, 0.2) is 11.6 Å². The molecular weight excluding hydrogens is 233 g/mol. The Bertz CT molecular complexity index is 498. The van der Waals surface area contributed by atoms with Gasteiger partial charge < -0.3 is 5.32 Å². The average molecular weight is 242 g/mol. The highest BCUT2D eigenvalue weighted by atomic mass is 35.5. The molecule has 7 heteroatoms. The highest BCUT2D eigenvalue weighted by Crippen LogP contribution is 2.13. The Labute approximate surface area is 96.3 Å². The summed E-state index contributed by atoms with van der Waals surface area (Å²) < 4.78 is 14.7. The summed E-state index contributed by atoms with van der Waals surface area (Å²) in [7, 11) is 0. The highest BCUT2D eigenvalue weighted by molar-refractivity contribution is 6.30. The molecule has 0 aliphatic heterocycles. The van der Waals surface area contributed by atoms with Crippen LogP contribution in [0.4, 0.5) is 10.3 Å². The molecule has 2 aromatic rings. The minimum atomic E-state index is -0.554. The van der Waals surface area contributed by atoms with Crippen LogP contribution in [0.2, 0.25) is 5.02 Å². The fourth-order valence-electron chi connectivity index (χ4n) is 1.18. The minimum absolute atomic E-state index is 0.0675. The van der Waals surface area contributed by atoms with Crippen LogP contribution in [-0.2, 0) is 0 Å². The predicted molar refractivity (Wildman–Crippen MR) is 58.3 cm³/mol. The first-order valence-corrected chi connectivity index (χ1v) is 5.05. The fraction of sp³-hybridized carbons (Fsp3) is 0.222. The SMILES string of the molecule is CCNc1ncc(F)c(-n2cc(Cl)cn2)n1. The van der Waals surface area contributed by atoms with Crippen molar-refractivity contribution in [3.05, 3.63) is 29.4 Å². The predicted octanol–water partition coefficient (Wildman–Crippen LogP) is 1.89. The van der Waals surface area contributed by atoms with Crippen LogP contribution in [0.3, 0.4) is 0 Å². The Morgan fingerprint density at radius 1 is 1.50 bits per heavy atom. The molecule has 1 N–H and O–H groups in total. The maximum absolute atomic E-state index is 13.4. The Morgan fingerprint density at radius 2 is 2.31 bits per heavy atom. The fourth-order valence-corrected chi connectivity index (χ4v) is 1.31. The number of nitrogens with one attached hydrogen (secondary N) is 1.